The van der Waals surface area contributed by atoms with Gasteiger partial charge in [0.1, 0.15) is 17.7 Å². The number of aromatic nitrogens is 2. The number of benzene rings is 1. The van der Waals surface area contributed by atoms with Crippen molar-refractivity contribution in [3.05, 3.63) is 46.9 Å². The van der Waals surface area contributed by atoms with Crippen LogP contribution in [-0.4, -0.2) is 9.97 Å². The molecule has 4 nitrogen and oxygen atoms in total. The molecule has 0 radical (unpaired) electrons. The minimum atomic E-state index is -0.757. The first-order chi connectivity index (χ1) is 11.5. The molecule has 0 atom stereocenters. The predicted molar refractivity (Wildman–Crippen MR) is 82.5 cm³/mol. The van der Waals surface area contributed by atoms with Crippen LogP contribution in [0.3, 0.4) is 0 Å². The summed E-state index contributed by atoms with van der Waals surface area (Å²) < 4.78 is 41.8. The average Bonchev–Trinajstić information content (AvgIpc) is 3.28. The third-order valence-corrected chi connectivity index (χ3v) is 4.26. The Kier molecular flexibility index (Phi) is 3.03. The van der Waals surface area contributed by atoms with Crippen LogP contribution < -0.4 is 5.73 Å². The quantitative estimate of drug-likeness (QED) is 0.747. The normalized spacial score (nSPS) is 14.1. The number of nitrogen functional groups attached to an aromatic ring is 1. The molecule has 1 saturated carbocycles. The zero-order valence-electron chi connectivity index (χ0n) is 12.3. The van der Waals surface area contributed by atoms with Gasteiger partial charge in [-0.25, -0.2) is 18.2 Å². The first kappa shape index (κ1) is 14.6. The van der Waals surface area contributed by atoms with Gasteiger partial charge in [0.15, 0.2) is 11.6 Å². The molecular weight excluding hydrogens is 317 g/mol. The van der Waals surface area contributed by atoms with Crippen molar-refractivity contribution in [1.29, 1.82) is 5.26 Å². The molecule has 0 saturated heterocycles. The summed E-state index contributed by atoms with van der Waals surface area (Å²) in [7, 11) is 0. The number of hydrogen-bond donors (Lipinski definition) is 2. The summed E-state index contributed by atoms with van der Waals surface area (Å²) in [6.07, 6.45) is 2.96. The number of rotatable bonds is 2. The van der Waals surface area contributed by atoms with Gasteiger partial charge in [-0.2, -0.15) is 5.26 Å². The molecular formula is C17H11F3N4. The van der Waals surface area contributed by atoms with Gasteiger partial charge in [-0.3, -0.25) is 0 Å². The second kappa shape index (κ2) is 4.99. The molecule has 1 fully saturated rings. The predicted octanol–water partition coefficient (Wildman–Crippen LogP) is 3.98. The van der Waals surface area contributed by atoms with Crippen LogP contribution in [0.15, 0.2) is 18.3 Å². The molecule has 4 rings (SSSR count). The number of nitrogens with one attached hydrogen (secondary N) is 1. The second-order valence-electron chi connectivity index (χ2n) is 5.85. The number of fused-ring (bicyclic) bond motifs is 1. The number of pyridine rings is 1. The van der Waals surface area contributed by atoms with E-state index < -0.39 is 17.5 Å². The third kappa shape index (κ3) is 2.03. The van der Waals surface area contributed by atoms with Crippen molar-refractivity contribution in [1.82, 2.24) is 9.97 Å². The molecule has 0 spiro atoms. The van der Waals surface area contributed by atoms with Crippen LogP contribution in [-0.2, 0) is 0 Å². The summed E-state index contributed by atoms with van der Waals surface area (Å²) in [5.41, 5.74) is 6.51. The van der Waals surface area contributed by atoms with E-state index in [2.05, 4.69) is 9.97 Å². The van der Waals surface area contributed by atoms with Crippen molar-refractivity contribution in [3.8, 4) is 17.3 Å². The first-order valence-electron chi connectivity index (χ1n) is 7.36. The molecule has 0 bridgehead atoms. The Morgan fingerprint density at radius 1 is 1.25 bits per heavy atom. The molecule has 2 aromatic heterocycles. The highest BCUT2D eigenvalue weighted by Crippen LogP contribution is 2.46. The molecule has 120 valence electrons. The summed E-state index contributed by atoms with van der Waals surface area (Å²) in [5, 5.41) is 9.74. The standard InChI is InChI=1S/C17H11F3N4/c18-8-3-9-11(6-23-16(9)12(19)4-8)15-10(5-21)13(7-1-2-7)14(20)17(22)24-15/h3-4,6-7,23H,1-2H2,(H2,22,24). The monoisotopic (exact) mass is 328 g/mol. The van der Waals surface area contributed by atoms with Crippen LogP contribution in [0.25, 0.3) is 22.2 Å². The van der Waals surface area contributed by atoms with Crippen LogP contribution in [0.2, 0.25) is 0 Å². The van der Waals surface area contributed by atoms with E-state index in [1.54, 1.807) is 0 Å². The molecule has 0 amide bonds. The number of halogens is 3. The largest absolute Gasteiger partial charge is 0.381 e. The number of anilines is 1. The summed E-state index contributed by atoms with van der Waals surface area (Å²) in [6, 6.07) is 3.88. The third-order valence-electron chi connectivity index (χ3n) is 4.26. The van der Waals surface area contributed by atoms with Crippen molar-refractivity contribution in [3.63, 3.8) is 0 Å². The van der Waals surface area contributed by atoms with Crippen LogP contribution >= 0.6 is 0 Å². The Balaban J connectivity index is 2.06. The van der Waals surface area contributed by atoms with Gasteiger partial charge in [0.25, 0.3) is 0 Å². The van der Waals surface area contributed by atoms with E-state index >= 15 is 0 Å². The zero-order chi connectivity index (χ0) is 17.0. The van der Waals surface area contributed by atoms with E-state index in [0.29, 0.717) is 5.56 Å². The Bertz CT molecular complexity index is 1030. The molecule has 1 aliphatic carbocycles. The number of nitrogens with two attached hydrogens (primary N) is 1. The molecule has 1 aliphatic rings. The van der Waals surface area contributed by atoms with E-state index in [1.165, 1.54) is 6.20 Å². The molecule has 0 aliphatic heterocycles. The summed E-state index contributed by atoms with van der Waals surface area (Å²) in [4.78, 5) is 6.69. The lowest BCUT2D eigenvalue weighted by atomic mass is 9.97. The van der Waals surface area contributed by atoms with Crippen molar-refractivity contribution in [2.45, 2.75) is 18.8 Å². The lowest BCUT2D eigenvalue weighted by molar-refractivity contribution is 0.591. The van der Waals surface area contributed by atoms with Crippen LogP contribution in [0.1, 0.15) is 29.9 Å². The Morgan fingerprint density at radius 2 is 2.00 bits per heavy atom. The number of nitrogens with zero attached hydrogens (tertiary/aromatic N) is 2. The molecule has 0 unspecified atom stereocenters. The summed E-state index contributed by atoms with van der Waals surface area (Å²) in [6.45, 7) is 0. The topological polar surface area (TPSA) is 78.5 Å². The Labute approximate surface area is 134 Å². The molecule has 2 heterocycles. The van der Waals surface area contributed by atoms with E-state index in [0.717, 1.165) is 25.0 Å². The lowest BCUT2D eigenvalue weighted by Gasteiger charge is -2.11. The highest BCUT2D eigenvalue weighted by molar-refractivity contribution is 5.96. The number of nitriles is 1. The van der Waals surface area contributed by atoms with Crippen LogP contribution in [0.5, 0.6) is 0 Å². The SMILES string of the molecule is N#Cc1c(-c2c[nH]c3c(F)cc(F)cc23)nc(N)c(F)c1C1CC1. The molecule has 3 N–H and O–H groups in total. The highest BCUT2D eigenvalue weighted by atomic mass is 19.1. The maximum atomic E-state index is 14.3. The van der Waals surface area contributed by atoms with E-state index in [1.807, 2.05) is 6.07 Å². The molecule has 24 heavy (non-hydrogen) atoms. The van der Waals surface area contributed by atoms with Crippen molar-refractivity contribution in [2.75, 3.05) is 5.73 Å². The Morgan fingerprint density at radius 3 is 2.67 bits per heavy atom. The average molecular weight is 328 g/mol. The number of aromatic amines is 1. The van der Waals surface area contributed by atoms with E-state index in [9.17, 15) is 18.4 Å². The van der Waals surface area contributed by atoms with Crippen LogP contribution in [0.4, 0.5) is 19.0 Å². The second-order valence-corrected chi connectivity index (χ2v) is 5.85. The van der Waals surface area contributed by atoms with Gasteiger partial charge in [0.05, 0.1) is 16.8 Å². The highest BCUT2D eigenvalue weighted by Gasteiger charge is 2.33. The van der Waals surface area contributed by atoms with Gasteiger partial charge in [-0.15, -0.1) is 0 Å². The van der Waals surface area contributed by atoms with Gasteiger partial charge < -0.3 is 10.7 Å². The minimum Gasteiger partial charge on any atom is -0.381 e. The Hall–Kier alpha value is -3.01. The molecule has 3 aromatic rings. The van der Waals surface area contributed by atoms with Gasteiger partial charge in [-0.1, -0.05) is 0 Å². The first-order valence-corrected chi connectivity index (χ1v) is 7.36. The molecule has 7 heteroatoms. The van der Waals surface area contributed by atoms with Crippen molar-refractivity contribution >= 4 is 16.7 Å². The maximum absolute atomic E-state index is 14.3. The summed E-state index contributed by atoms with van der Waals surface area (Å²) in [5.74, 6) is -2.58. The zero-order valence-corrected chi connectivity index (χ0v) is 12.3. The van der Waals surface area contributed by atoms with Crippen molar-refractivity contribution < 1.29 is 13.2 Å². The van der Waals surface area contributed by atoms with Crippen LogP contribution in [0, 0.1) is 28.8 Å². The van der Waals surface area contributed by atoms with E-state index in [4.69, 9.17) is 5.73 Å². The van der Waals surface area contributed by atoms with Crippen molar-refractivity contribution in [2.24, 2.45) is 0 Å². The van der Waals surface area contributed by atoms with Gasteiger partial charge >= 0.3 is 0 Å². The number of hydrogen-bond acceptors (Lipinski definition) is 3. The van der Waals surface area contributed by atoms with E-state index in [-0.39, 0.29) is 39.5 Å². The lowest BCUT2D eigenvalue weighted by Crippen LogP contribution is -2.05. The summed E-state index contributed by atoms with van der Waals surface area (Å²) >= 11 is 0. The smallest absolute Gasteiger partial charge is 0.170 e. The fourth-order valence-corrected chi connectivity index (χ4v) is 3.01. The fourth-order valence-electron chi connectivity index (χ4n) is 3.01. The fraction of sp³-hybridized carbons (Fsp3) is 0.176. The minimum absolute atomic E-state index is 0.0646. The van der Waals surface area contributed by atoms with Gasteiger partial charge in [-0.05, 0) is 24.8 Å². The number of H-pyrrole nitrogens is 1. The van der Waals surface area contributed by atoms with Gasteiger partial charge in [0.2, 0.25) is 0 Å². The van der Waals surface area contributed by atoms with Gasteiger partial charge in [0, 0.05) is 28.8 Å². The maximum Gasteiger partial charge on any atom is 0.170 e. The molecule has 1 aromatic carbocycles.